The number of fused-ring (bicyclic) bond motifs is 1. The minimum Gasteiger partial charge on any atom is -0.460 e. The fourth-order valence-corrected chi connectivity index (χ4v) is 5.41. The van der Waals surface area contributed by atoms with Crippen LogP contribution in [0, 0.1) is 0 Å². The number of allylic oxidation sites excluding steroid dienone is 1. The molecule has 2 aromatic heterocycles. The van der Waals surface area contributed by atoms with Crippen LogP contribution in [0.3, 0.4) is 0 Å². The molecular weight excluding hydrogens is 456 g/mol. The number of carbonyl (C=O) groups excluding carboxylic acids is 1. The Bertz CT molecular complexity index is 1320. The van der Waals surface area contributed by atoms with Crippen LogP contribution in [0.15, 0.2) is 62.8 Å². The number of nitrogens with zero attached hydrogens (tertiary/aromatic N) is 2. The summed E-state index contributed by atoms with van der Waals surface area (Å²) >= 11 is 8.85. The molecule has 1 atom stereocenters. The number of thiazole rings is 1. The number of aromatic nitrogens is 1. The van der Waals surface area contributed by atoms with Gasteiger partial charge < -0.3 is 9.47 Å². The minimum atomic E-state index is -0.590. The highest BCUT2D eigenvalue weighted by molar-refractivity contribution is 7.10. The predicted octanol–water partition coefficient (Wildman–Crippen LogP) is 3.14. The Labute approximate surface area is 191 Å². The van der Waals surface area contributed by atoms with Crippen LogP contribution in [-0.4, -0.2) is 30.9 Å². The summed E-state index contributed by atoms with van der Waals surface area (Å²) in [7, 11) is 1.54. The lowest BCUT2D eigenvalue weighted by Gasteiger charge is -2.23. The zero-order valence-electron chi connectivity index (χ0n) is 16.8. The molecule has 31 heavy (non-hydrogen) atoms. The summed E-state index contributed by atoms with van der Waals surface area (Å²) in [6, 6.07) is 10.5. The van der Waals surface area contributed by atoms with E-state index in [9.17, 15) is 9.59 Å². The maximum Gasteiger partial charge on any atom is 0.338 e. The molecule has 0 aliphatic carbocycles. The van der Waals surface area contributed by atoms with Crippen LogP contribution < -0.4 is 14.9 Å². The van der Waals surface area contributed by atoms with Crippen molar-refractivity contribution in [2.45, 2.75) is 13.0 Å². The standard InChI is InChI=1S/C22H19ClN2O4S2/c1-13-18(21(27)29-9-8-28-2)19(16-7-4-10-30-16)25-20(26)17(31-22(25)24-13)12-14-5-3-6-15(23)11-14/h3-7,10-12,19H,8-9H2,1-2H3/b17-12+/t19-/m1/s1. The summed E-state index contributed by atoms with van der Waals surface area (Å²) in [6.45, 7) is 2.19. The minimum absolute atomic E-state index is 0.127. The van der Waals surface area contributed by atoms with Crippen molar-refractivity contribution in [3.63, 3.8) is 0 Å². The van der Waals surface area contributed by atoms with Gasteiger partial charge in [-0.05, 0) is 42.1 Å². The van der Waals surface area contributed by atoms with Gasteiger partial charge in [-0.15, -0.1) is 11.3 Å². The fourth-order valence-electron chi connectivity index (χ4n) is 3.34. The first-order valence-electron chi connectivity index (χ1n) is 9.47. The third kappa shape index (κ3) is 4.43. The largest absolute Gasteiger partial charge is 0.460 e. The summed E-state index contributed by atoms with van der Waals surface area (Å²) in [5.74, 6) is -0.499. The number of halogens is 1. The van der Waals surface area contributed by atoms with Gasteiger partial charge in [-0.2, -0.15) is 0 Å². The van der Waals surface area contributed by atoms with Gasteiger partial charge in [0.05, 0.1) is 22.4 Å². The first-order valence-corrected chi connectivity index (χ1v) is 11.5. The smallest absolute Gasteiger partial charge is 0.338 e. The molecule has 0 radical (unpaired) electrons. The SMILES string of the molecule is COCCOC(=O)C1=C(C)N=c2s/c(=C/c3cccc(Cl)c3)c(=O)n2[C@@H]1c1cccs1. The van der Waals surface area contributed by atoms with E-state index < -0.39 is 12.0 Å². The Hall–Kier alpha value is -2.52. The third-order valence-corrected chi connectivity index (χ3v) is 6.86. The molecule has 0 N–H and O–H groups in total. The Morgan fingerprint density at radius 3 is 2.84 bits per heavy atom. The van der Waals surface area contributed by atoms with E-state index in [0.29, 0.717) is 32.2 Å². The quantitative estimate of drug-likeness (QED) is 0.406. The van der Waals surface area contributed by atoms with E-state index in [1.807, 2.05) is 29.6 Å². The lowest BCUT2D eigenvalue weighted by Crippen LogP contribution is -2.39. The number of carbonyl (C=O) groups is 1. The molecule has 160 valence electrons. The molecule has 0 bridgehead atoms. The Morgan fingerprint density at radius 2 is 2.13 bits per heavy atom. The van der Waals surface area contributed by atoms with E-state index >= 15 is 0 Å². The average Bonchev–Trinajstić information content (AvgIpc) is 3.36. The zero-order chi connectivity index (χ0) is 22.0. The molecule has 4 rings (SSSR count). The topological polar surface area (TPSA) is 69.9 Å². The van der Waals surface area contributed by atoms with Gasteiger partial charge in [0.2, 0.25) is 0 Å². The second-order valence-corrected chi connectivity index (χ2v) is 9.21. The zero-order valence-corrected chi connectivity index (χ0v) is 19.2. The second kappa shape index (κ2) is 9.32. The molecule has 3 heterocycles. The van der Waals surface area contributed by atoms with Gasteiger partial charge in [0.15, 0.2) is 4.80 Å². The van der Waals surface area contributed by atoms with Crippen molar-refractivity contribution in [1.29, 1.82) is 0 Å². The maximum absolute atomic E-state index is 13.4. The van der Waals surface area contributed by atoms with E-state index in [-0.39, 0.29) is 12.2 Å². The third-order valence-electron chi connectivity index (χ3n) is 4.72. The second-order valence-electron chi connectivity index (χ2n) is 6.78. The van der Waals surface area contributed by atoms with Crippen LogP contribution in [0.5, 0.6) is 0 Å². The number of rotatable bonds is 6. The van der Waals surface area contributed by atoms with Crippen molar-refractivity contribution in [2.75, 3.05) is 20.3 Å². The average molecular weight is 475 g/mol. The number of hydrogen-bond donors (Lipinski definition) is 0. The molecule has 0 amide bonds. The Morgan fingerprint density at radius 1 is 1.29 bits per heavy atom. The van der Waals surface area contributed by atoms with Crippen molar-refractivity contribution in [1.82, 2.24) is 4.57 Å². The molecule has 1 aromatic carbocycles. The Balaban J connectivity index is 1.86. The first-order chi connectivity index (χ1) is 15.0. The highest BCUT2D eigenvalue weighted by Gasteiger charge is 2.33. The molecule has 0 unspecified atom stereocenters. The molecule has 1 aliphatic heterocycles. The van der Waals surface area contributed by atoms with Crippen LogP contribution in [0.2, 0.25) is 5.02 Å². The number of ether oxygens (including phenoxy) is 2. The molecule has 6 nitrogen and oxygen atoms in total. The number of methoxy groups -OCH3 is 1. The number of hydrogen-bond acceptors (Lipinski definition) is 7. The van der Waals surface area contributed by atoms with Crippen LogP contribution >= 0.6 is 34.3 Å². The van der Waals surface area contributed by atoms with Gasteiger partial charge in [-0.25, -0.2) is 9.79 Å². The fraction of sp³-hybridized carbons (Fsp3) is 0.227. The van der Waals surface area contributed by atoms with Gasteiger partial charge in [0.25, 0.3) is 5.56 Å². The van der Waals surface area contributed by atoms with Crippen LogP contribution in [-0.2, 0) is 14.3 Å². The van der Waals surface area contributed by atoms with Crippen molar-refractivity contribution < 1.29 is 14.3 Å². The Kier molecular flexibility index (Phi) is 6.52. The van der Waals surface area contributed by atoms with Crippen LogP contribution in [0.1, 0.15) is 23.4 Å². The lowest BCUT2D eigenvalue weighted by molar-refractivity contribution is -0.140. The van der Waals surface area contributed by atoms with Crippen molar-refractivity contribution >= 4 is 46.3 Å². The molecule has 3 aromatic rings. The number of benzene rings is 1. The summed E-state index contributed by atoms with van der Waals surface area (Å²) in [5.41, 5.74) is 1.51. The van der Waals surface area contributed by atoms with E-state index in [1.165, 1.54) is 29.8 Å². The molecule has 0 saturated heterocycles. The first kappa shape index (κ1) is 21.7. The molecule has 0 fully saturated rings. The van der Waals surface area contributed by atoms with Crippen LogP contribution in [0.25, 0.3) is 6.08 Å². The van der Waals surface area contributed by atoms with Crippen molar-refractivity contribution in [2.24, 2.45) is 4.99 Å². The lowest BCUT2D eigenvalue weighted by atomic mass is 10.0. The van der Waals surface area contributed by atoms with E-state index in [4.69, 9.17) is 21.1 Å². The highest BCUT2D eigenvalue weighted by Crippen LogP contribution is 2.33. The van der Waals surface area contributed by atoms with E-state index in [2.05, 4.69) is 4.99 Å². The normalized spacial score (nSPS) is 16.2. The van der Waals surface area contributed by atoms with E-state index in [1.54, 1.807) is 29.7 Å². The van der Waals surface area contributed by atoms with Crippen molar-refractivity contribution in [3.8, 4) is 0 Å². The molecule has 0 saturated carbocycles. The maximum atomic E-state index is 13.4. The molecule has 1 aliphatic rings. The number of thiophene rings is 1. The van der Waals surface area contributed by atoms with Gasteiger partial charge in [-0.1, -0.05) is 41.1 Å². The van der Waals surface area contributed by atoms with Crippen LogP contribution in [0.4, 0.5) is 0 Å². The van der Waals surface area contributed by atoms with E-state index in [0.717, 1.165) is 10.4 Å². The molecule has 9 heteroatoms. The summed E-state index contributed by atoms with van der Waals surface area (Å²) < 4.78 is 12.4. The summed E-state index contributed by atoms with van der Waals surface area (Å²) in [5, 5.41) is 2.51. The summed E-state index contributed by atoms with van der Waals surface area (Å²) in [6.07, 6.45) is 1.79. The van der Waals surface area contributed by atoms with Gasteiger partial charge >= 0.3 is 5.97 Å². The predicted molar refractivity (Wildman–Crippen MR) is 122 cm³/mol. The van der Waals surface area contributed by atoms with Gasteiger partial charge in [0.1, 0.15) is 12.6 Å². The monoisotopic (exact) mass is 474 g/mol. The van der Waals surface area contributed by atoms with Crippen molar-refractivity contribution in [3.05, 3.63) is 88.2 Å². The highest BCUT2D eigenvalue weighted by atomic mass is 35.5. The number of esters is 1. The van der Waals surface area contributed by atoms with Gasteiger partial charge in [-0.3, -0.25) is 9.36 Å². The van der Waals surface area contributed by atoms with Gasteiger partial charge in [0, 0.05) is 17.0 Å². The molecule has 0 spiro atoms. The summed E-state index contributed by atoms with van der Waals surface area (Å²) in [4.78, 5) is 32.3. The molecular formula is C22H19ClN2O4S2.